The van der Waals surface area contributed by atoms with Gasteiger partial charge in [0, 0.05) is 32.0 Å². The SMILES string of the molecule is COc1cc(NC(=O)CCN(C(C)=O)c2ccccc2F)c(OC)cc1Cl. The molecule has 2 rings (SSSR count). The molecule has 0 bridgehead atoms. The molecule has 2 aromatic carbocycles. The fourth-order valence-corrected chi connectivity index (χ4v) is 2.73. The number of anilines is 2. The molecule has 0 aliphatic carbocycles. The lowest BCUT2D eigenvalue weighted by atomic mass is 10.2. The van der Waals surface area contributed by atoms with Gasteiger partial charge in [-0.1, -0.05) is 23.7 Å². The highest BCUT2D eigenvalue weighted by atomic mass is 35.5. The van der Waals surface area contributed by atoms with Crippen molar-refractivity contribution in [3.8, 4) is 11.5 Å². The zero-order chi connectivity index (χ0) is 20.0. The second kappa shape index (κ2) is 9.23. The van der Waals surface area contributed by atoms with Crippen LogP contribution in [0.25, 0.3) is 0 Å². The van der Waals surface area contributed by atoms with Crippen LogP contribution >= 0.6 is 11.6 Å². The standard InChI is InChI=1S/C19H20ClFN2O4/c1-12(24)23(16-7-5-4-6-14(16)21)9-8-19(25)22-15-11-17(26-2)13(20)10-18(15)27-3/h4-7,10-11H,8-9H2,1-3H3,(H,22,25). The lowest BCUT2D eigenvalue weighted by Crippen LogP contribution is -2.32. The van der Waals surface area contributed by atoms with E-state index in [1.54, 1.807) is 12.1 Å². The van der Waals surface area contributed by atoms with Crippen molar-refractivity contribution in [2.75, 3.05) is 31.0 Å². The summed E-state index contributed by atoms with van der Waals surface area (Å²) < 4.78 is 24.3. The average molecular weight is 395 g/mol. The molecule has 0 atom stereocenters. The number of benzene rings is 2. The molecule has 6 nitrogen and oxygen atoms in total. The number of rotatable bonds is 7. The maximum atomic E-state index is 14.0. The largest absolute Gasteiger partial charge is 0.495 e. The molecule has 1 N–H and O–H groups in total. The maximum absolute atomic E-state index is 14.0. The second-order valence-corrected chi connectivity index (χ2v) is 6.01. The first-order chi connectivity index (χ1) is 12.9. The van der Waals surface area contributed by atoms with E-state index < -0.39 is 5.82 Å². The van der Waals surface area contributed by atoms with Gasteiger partial charge in [-0.25, -0.2) is 4.39 Å². The highest BCUT2D eigenvalue weighted by Gasteiger charge is 2.18. The molecular formula is C19H20ClFN2O4. The van der Waals surface area contributed by atoms with Gasteiger partial charge >= 0.3 is 0 Å². The highest BCUT2D eigenvalue weighted by molar-refractivity contribution is 6.32. The van der Waals surface area contributed by atoms with Crippen molar-refractivity contribution >= 4 is 34.8 Å². The van der Waals surface area contributed by atoms with Crippen LogP contribution in [0.15, 0.2) is 36.4 Å². The Morgan fingerprint density at radius 1 is 1.15 bits per heavy atom. The molecule has 0 aromatic heterocycles. The van der Waals surface area contributed by atoms with Crippen molar-refractivity contribution in [2.45, 2.75) is 13.3 Å². The number of nitrogens with zero attached hydrogens (tertiary/aromatic N) is 1. The first-order valence-electron chi connectivity index (χ1n) is 8.11. The number of hydrogen-bond acceptors (Lipinski definition) is 4. The summed E-state index contributed by atoms with van der Waals surface area (Å²) in [6.07, 6.45) is -0.0397. The smallest absolute Gasteiger partial charge is 0.226 e. The number of para-hydroxylation sites is 1. The van der Waals surface area contributed by atoms with E-state index in [0.29, 0.717) is 22.2 Å². The zero-order valence-corrected chi connectivity index (χ0v) is 16.0. The predicted molar refractivity (Wildman–Crippen MR) is 102 cm³/mol. The summed E-state index contributed by atoms with van der Waals surface area (Å²) in [4.78, 5) is 25.4. The number of nitrogens with one attached hydrogen (secondary N) is 1. The van der Waals surface area contributed by atoms with E-state index in [9.17, 15) is 14.0 Å². The number of carbonyl (C=O) groups is 2. The third-order valence-electron chi connectivity index (χ3n) is 3.83. The van der Waals surface area contributed by atoms with Crippen LogP contribution in [0.3, 0.4) is 0 Å². The number of ether oxygens (including phenoxy) is 2. The number of carbonyl (C=O) groups excluding carboxylic acids is 2. The van der Waals surface area contributed by atoms with Crippen LogP contribution < -0.4 is 19.7 Å². The first-order valence-corrected chi connectivity index (χ1v) is 8.49. The summed E-state index contributed by atoms with van der Waals surface area (Å²) in [7, 11) is 2.90. The summed E-state index contributed by atoms with van der Waals surface area (Å²) in [6.45, 7) is 1.34. The number of methoxy groups -OCH3 is 2. The lowest BCUT2D eigenvalue weighted by molar-refractivity contribution is -0.117. The molecule has 0 saturated heterocycles. The number of amides is 2. The van der Waals surface area contributed by atoms with E-state index in [1.807, 2.05) is 0 Å². The first kappa shape index (κ1) is 20.5. The minimum Gasteiger partial charge on any atom is -0.495 e. The topological polar surface area (TPSA) is 67.9 Å². The Balaban J connectivity index is 2.11. The minimum atomic E-state index is -0.530. The Labute approximate surface area is 161 Å². The van der Waals surface area contributed by atoms with Crippen LogP contribution in [0.4, 0.5) is 15.8 Å². The zero-order valence-electron chi connectivity index (χ0n) is 15.2. The summed E-state index contributed by atoms with van der Waals surface area (Å²) in [5.74, 6) is -0.521. The van der Waals surface area contributed by atoms with E-state index in [0.717, 1.165) is 0 Å². The van der Waals surface area contributed by atoms with Crippen LogP contribution in [0, 0.1) is 5.82 Å². The molecular weight excluding hydrogens is 375 g/mol. The molecule has 0 saturated carbocycles. The molecule has 0 heterocycles. The van der Waals surface area contributed by atoms with Gasteiger partial charge in [-0.3, -0.25) is 9.59 Å². The van der Waals surface area contributed by atoms with Crippen molar-refractivity contribution in [3.63, 3.8) is 0 Å². The summed E-state index contributed by atoms with van der Waals surface area (Å²) in [6, 6.07) is 8.97. The van der Waals surface area contributed by atoms with Crippen molar-refractivity contribution < 1.29 is 23.5 Å². The van der Waals surface area contributed by atoms with Crippen molar-refractivity contribution in [2.24, 2.45) is 0 Å². The van der Waals surface area contributed by atoms with Gasteiger partial charge in [0.1, 0.15) is 17.3 Å². The lowest BCUT2D eigenvalue weighted by Gasteiger charge is -2.21. The Morgan fingerprint density at radius 2 is 1.81 bits per heavy atom. The van der Waals surface area contributed by atoms with E-state index in [1.165, 1.54) is 50.3 Å². The van der Waals surface area contributed by atoms with Gasteiger partial charge < -0.3 is 19.7 Å². The van der Waals surface area contributed by atoms with Crippen LogP contribution in [-0.4, -0.2) is 32.6 Å². The Bertz CT molecular complexity index is 844. The normalized spacial score (nSPS) is 10.3. The average Bonchev–Trinajstić information content (AvgIpc) is 2.64. The fourth-order valence-electron chi connectivity index (χ4n) is 2.50. The molecule has 0 spiro atoms. The van der Waals surface area contributed by atoms with E-state index >= 15 is 0 Å². The molecule has 2 amide bonds. The summed E-state index contributed by atoms with van der Waals surface area (Å²) >= 11 is 6.04. The van der Waals surface area contributed by atoms with Crippen molar-refractivity contribution in [1.82, 2.24) is 0 Å². The molecule has 0 radical (unpaired) electrons. The fraction of sp³-hybridized carbons (Fsp3) is 0.263. The molecule has 0 fully saturated rings. The maximum Gasteiger partial charge on any atom is 0.226 e. The molecule has 2 aromatic rings. The molecule has 0 unspecified atom stereocenters. The van der Waals surface area contributed by atoms with Gasteiger partial charge in [-0.2, -0.15) is 0 Å². The minimum absolute atomic E-state index is 0.0230. The van der Waals surface area contributed by atoms with Crippen LogP contribution in [0.5, 0.6) is 11.5 Å². The summed E-state index contributed by atoms with van der Waals surface area (Å²) in [5.41, 5.74) is 0.507. The quantitative estimate of drug-likeness (QED) is 0.773. The Kier molecular flexibility index (Phi) is 7.01. The molecule has 8 heteroatoms. The number of hydrogen-bond donors (Lipinski definition) is 1. The monoisotopic (exact) mass is 394 g/mol. The van der Waals surface area contributed by atoms with Gasteiger partial charge in [0.2, 0.25) is 11.8 Å². The van der Waals surface area contributed by atoms with Crippen molar-refractivity contribution in [3.05, 3.63) is 47.2 Å². The number of halogens is 2. The third-order valence-corrected chi connectivity index (χ3v) is 4.13. The third kappa shape index (κ3) is 5.10. The highest BCUT2D eigenvalue weighted by Crippen LogP contribution is 2.35. The van der Waals surface area contributed by atoms with E-state index in [-0.39, 0.29) is 30.5 Å². The van der Waals surface area contributed by atoms with Gasteiger partial charge in [0.15, 0.2) is 0 Å². The molecule has 0 aliphatic heterocycles. The van der Waals surface area contributed by atoms with Crippen LogP contribution in [0.2, 0.25) is 5.02 Å². The molecule has 144 valence electrons. The van der Waals surface area contributed by atoms with Gasteiger partial charge in [0.25, 0.3) is 0 Å². The molecule has 0 aliphatic rings. The van der Waals surface area contributed by atoms with E-state index in [4.69, 9.17) is 21.1 Å². The predicted octanol–water partition coefficient (Wildman–Crippen LogP) is 3.88. The van der Waals surface area contributed by atoms with Crippen LogP contribution in [0.1, 0.15) is 13.3 Å². The van der Waals surface area contributed by atoms with E-state index in [2.05, 4.69) is 5.32 Å². The summed E-state index contributed by atoms with van der Waals surface area (Å²) in [5, 5.41) is 3.03. The molecule has 27 heavy (non-hydrogen) atoms. The van der Waals surface area contributed by atoms with Gasteiger partial charge in [-0.05, 0) is 12.1 Å². The Hall–Kier alpha value is -2.80. The van der Waals surface area contributed by atoms with Crippen LogP contribution in [-0.2, 0) is 9.59 Å². The van der Waals surface area contributed by atoms with Gasteiger partial charge in [0.05, 0.1) is 30.6 Å². The Morgan fingerprint density at radius 3 is 2.41 bits per heavy atom. The second-order valence-electron chi connectivity index (χ2n) is 5.61. The van der Waals surface area contributed by atoms with Gasteiger partial charge in [-0.15, -0.1) is 0 Å². The van der Waals surface area contributed by atoms with Crippen molar-refractivity contribution in [1.29, 1.82) is 0 Å².